The summed E-state index contributed by atoms with van der Waals surface area (Å²) in [6.45, 7) is 1.64. The number of non-ortho nitro benzene ring substituents is 1. The van der Waals surface area contributed by atoms with Gasteiger partial charge in [0.15, 0.2) is 5.75 Å². The number of ether oxygens (including phenoxy) is 1. The van der Waals surface area contributed by atoms with Gasteiger partial charge >= 0.3 is 0 Å². The van der Waals surface area contributed by atoms with Crippen molar-refractivity contribution >= 4 is 37.5 Å². The van der Waals surface area contributed by atoms with E-state index in [1.807, 2.05) is 0 Å². The maximum absolute atomic E-state index is 10.8. The Balaban J connectivity index is 2.29. The summed E-state index contributed by atoms with van der Waals surface area (Å²) in [5, 5.41) is 20.2. The third-order valence-electron chi connectivity index (χ3n) is 2.64. The molecule has 0 spiro atoms. The Kier molecular flexibility index (Phi) is 4.92. The minimum absolute atomic E-state index is 0.0569. The molecule has 0 amide bonds. The van der Waals surface area contributed by atoms with Crippen molar-refractivity contribution in [2.45, 2.75) is 13.0 Å². The number of hydrogen-bond acceptors (Lipinski definition) is 5. The molecule has 2 aromatic rings. The van der Waals surface area contributed by atoms with E-state index in [4.69, 9.17) is 4.74 Å². The lowest BCUT2D eigenvalue weighted by Crippen LogP contribution is -1.95. The quantitative estimate of drug-likeness (QED) is 0.589. The van der Waals surface area contributed by atoms with Crippen LogP contribution < -0.4 is 4.74 Å². The van der Waals surface area contributed by atoms with E-state index in [2.05, 4.69) is 36.8 Å². The van der Waals surface area contributed by atoms with Crippen molar-refractivity contribution in [1.29, 1.82) is 0 Å². The zero-order valence-electron chi connectivity index (χ0n) is 10.8. The van der Waals surface area contributed by atoms with Crippen LogP contribution in [0.25, 0.3) is 0 Å². The Labute approximate surface area is 137 Å². The van der Waals surface area contributed by atoms with Gasteiger partial charge in [-0.3, -0.25) is 10.1 Å². The van der Waals surface area contributed by atoms with Gasteiger partial charge in [0.2, 0.25) is 5.88 Å². The van der Waals surface area contributed by atoms with E-state index in [1.165, 1.54) is 18.3 Å². The van der Waals surface area contributed by atoms with Gasteiger partial charge < -0.3 is 9.84 Å². The fraction of sp³-hybridized carbons (Fsp3) is 0.154. The lowest BCUT2D eigenvalue weighted by atomic mass is 10.2. The van der Waals surface area contributed by atoms with Gasteiger partial charge in [-0.05, 0) is 50.4 Å². The van der Waals surface area contributed by atoms with Crippen molar-refractivity contribution in [2.75, 3.05) is 0 Å². The number of aliphatic hydroxyl groups is 1. The molecule has 0 aliphatic rings. The molecule has 21 heavy (non-hydrogen) atoms. The Bertz CT molecular complexity index is 651. The molecule has 0 fully saturated rings. The highest BCUT2D eigenvalue weighted by Gasteiger charge is 2.16. The molecular formula is C13H10Br2N2O4. The molecule has 6 nitrogen and oxygen atoms in total. The number of nitro benzene ring substituents is 1. The van der Waals surface area contributed by atoms with Crippen LogP contribution in [0, 0.1) is 10.1 Å². The minimum Gasteiger partial charge on any atom is -0.437 e. The molecular weight excluding hydrogens is 408 g/mol. The number of benzene rings is 1. The second-order valence-corrected chi connectivity index (χ2v) is 5.91. The first-order valence-corrected chi connectivity index (χ1v) is 7.42. The van der Waals surface area contributed by atoms with Gasteiger partial charge in [0.1, 0.15) is 0 Å². The van der Waals surface area contributed by atoms with Gasteiger partial charge in [0, 0.05) is 24.4 Å². The fourth-order valence-corrected chi connectivity index (χ4v) is 2.88. The number of pyridine rings is 1. The highest BCUT2D eigenvalue weighted by atomic mass is 79.9. The lowest BCUT2D eigenvalue weighted by Gasteiger charge is -2.10. The van der Waals surface area contributed by atoms with E-state index >= 15 is 0 Å². The SMILES string of the molecule is C[C@@H](O)c1ccc(Oc2c(Br)cc([N+](=O)[O-])cc2Br)nc1. The van der Waals surface area contributed by atoms with Gasteiger partial charge in [-0.1, -0.05) is 0 Å². The summed E-state index contributed by atoms with van der Waals surface area (Å²) >= 11 is 6.47. The maximum Gasteiger partial charge on any atom is 0.271 e. The maximum atomic E-state index is 10.8. The molecule has 1 atom stereocenters. The van der Waals surface area contributed by atoms with E-state index in [0.29, 0.717) is 26.1 Å². The van der Waals surface area contributed by atoms with Crippen molar-refractivity contribution in [3.8, 4) is 11.6 Å². The van der Waals surface area contributed by atoms with Crippen molar-refractivity contribution in [2.24, 2.45) is 0 Å². The Morgan fingerprint density at radius 1 is 1.33 bits per heavy atom. The molecule has 0 unspecified atom stereocenters. The lowest BCUT2D eigenvalue weighted by molar-refractivity contribution is -0.385. The molecule has 8 heteroatoms. The third-order valence-corrected chi connectivity index (χ3v) is 3.82. The first-order valence-electron chi connectivity index (χ1n) is 5.84. The second kappa shape index (κ2) is 6.50. The second-order valence-electron chi connectivity index (χ2n) is 4.20. The molecule has 0 saturated heterocycles. The number of hydrogen-bond donors (Lipinski definition) is 1. The van der Waals surface area contributed by atoms with Crippen LogP contribution in [0.1, 0.15) is 18.6 Å². The van der Waals surface area contributed by atoms with E-state index in [0.717, 1.165) is 0 Å². The normalized spacial score (nSPS) is 12.0. The molecule has 0 bridgehead atoms. The van der Waals surface area contributed by atoms with Crippen LogP contribution in [0.15, 0.2) is 39.4 Å². The van der Waals surface area contributed by atoms with Gasteiger partial charge in [0.05, 0.1) is 20.0 Å². The summed E-state index contributed by atoms with van der Waals surface area (Å²) < 4.78 is 6.47. The predicted molar refractivity (Wildman–Crippen MR) is 83.4 cm³/mol. The average molecular weight is 418 g/mol. The standard InChI is InChI=1S/C13H10Br2N2O4/c1-7(18)8-2-3-12(16-6-8)21-13-10(14)4-9(17(19)20)5-11(13)15/h2-7,18H,1H3/t7-/m1/s1. The van der Waals surface area contributed by atoms with Crippen molar-refractivity contribution in [3.05, 3.63) is 55.1 Å². The molecule has 0 saturated carbocycles. The molecule has 0 radical (unpaired) electrons. The number of nitro groups is 1. The van der Waals surface area contributed by atoms with E-state index in [-0.39, 0.29) is 5.69 Å². The molecule has 1 heterocycles. The summed E-state index contributed by atoms with van der Waals surface area (Å²) in [6, 6.07) is 6.01. The Hall–Kier alpha value is -1.51. The number of aromatic nitrogens is 1. The highest BCUT2D eigenvalue weighted by Crippen LogP contribution is 2.39. The van der Waals surface area contributed by atoms with Crippen molar-refractivity contribution in [1.82, 2.24) is 4.98 Å². The number of halogens is 2. The predicted octanol–water partition coefficient (Wildman–Crippen LogP) is 4.36. The van der Waals surface area contributed by atoms with Gasteiger partial charge in [-0.25, -0.2) is 4.98 Å². The van der Waals surface area contributed by atoms with Crippen molar-refractivity contribution in [3.63, 3.8) is 0 Å². The Morgan fingerprint density at radius 3 is 2.38 bits per heavy atom. The zero-order valence-corrected chi connectivity index (χ0v) is 14.0. The molecule has 1 aromatic carbocycles. The summed E-state index contributed by atoms with van der Waals surface area (Å²) in [7, 11) is 0. The first-order chi connectivity index (χ1) is 9.88. The van der Waals surface area contributed by atoms with Crippen LogP contribution in [-0.4, -0.2) is 15.0 Å². The van der Waals surface area contributed by atoms with E-state index in [1.54, 1.807) is 19.1 Å². The summed E-state index contributed by atoms with van der Waals surface area (Å²) in [5.41, 5.74) is 0.614. The van der Waals surface area contributed by atoms with Crippen LogP contribution in [-0.2, 0) is 0 Å². The summed E-state index contributed by atoms with van der Waals surface area (Å²) in [5.74, 6) is 0.701. The topological polar surface area (TPSA) is 85.5 Å². The van der Waals surface area contributed by atoms with Gasteiger partial charge in [-0.15, -0.1) is 0 Å². The molecule has 0 aliphatic carbocycles. The average Bonchev–Trinajstić information content (AvgIpc) is 2.43. The zero-order chi connectivity index (χ0) is 15.6. The fourth-order valence-electron chi connectivity index (χ4n) is 1.55. The van der Waals surface area contributed by atoms with Crippen molar-refractivity contribution < 1.29 is 14.8 Å². The van der Waals surface area contributed by atoms with E-state index < -0.39 is 11.0 Å². The van der Waals surface area contributed by atoms with Gasteiger partial charge in [-0.2, -0.15) is 0 Å². The molecule has 0 aliphatic heterocycles. The van der Waals surface area contributed by atoms with E-state index in [9.17, 15) is 15.2 Å². The first kappa shape index (κ1) is 15.9. The minimum atomic E-state index is -0.607. The summed E-state index contributed by atoms with van der Waals surface area (Å²) in [6.07, 6.45) is 0.900. The van der Waals surface area contributed by atoms with Crippen LogP contribution in [0.5, 0.6) is 11.6 Å². The molecule has 1 aromatic heterocycles. The number of aliphatic hydroxyl groups excluding tert-OH is 1. The number of rotatable bonds is 4. The third kappa shape index (κ3) is 3.78. The molecule has 2 rings (SSSR count). The largest absolute Gasteiger partial charge is 0.437 e. The molecule has 1 N–H and O–H groups in total. The summed E-state index contributed by atoms with van der Waals surface area (Å²) in [4.78, 5) is 14.3. The monoisotopic (exact) mass is 416 g/mol. The highest BCUT2D eigenvalue weighted by molar-refractivity contribution is 9.11. The Morgan fingerprint density at radius 2 is 1.95 bits per heavy atom. The molecule has 110 valence electrons. The van der Waals surface area contributed by atoms with Crippen LogP contribution in [0.2, 0.25) is 0 Å². The van der Waals surface area contributed by atoms with Crippen LogP contribution in [0.4, 0.5) is 5.69 Å². The van der Waals surface area contributed by atoms with Crippen LogP contribution >= 0.6 is 31.9 Å². The van der Waals surface area contributed by atoms with Crippen LogP contribution in [0.3, 0.4) is 0 Å². The number of nitrogens with zero attached hydrogens (tertiary/aromatic N) is 2. The van der Waals surface area contributed by atoms with Gasteiger partial charge in [0.25, 0.3) is 5.69 Å². The smallest absolute Gasteiger partial charge is 0.271 e.